The molecule has 0 aromatic heterocycles. The van der Waals surface area contributed by atoms with Crippen molar-refractivity contribution in [2.75, 3.05) is 5.32 Å². The van der Waals surface area contributed by atoms with Gasteiger partial charge >= 0.3 is 0 Å². The Kier molecular flexibility index (Phi) is 7.33. The van der Waals surface area contributed by atoms with Crippen molar-refractivity contribution in [2.45, 2.75) is 26.8 Å². The fourth-order valence-corrected chi connectivity index (χ4v) is 3.09. The minimum atomic E-state index is -0.331. The normalized spacial score (nSPS) is 10.5. The maximum Gasteiger partial charge on any atom is 0.255 e. The average molecular weight is 415 g/mol. The smallest absolute Gasteiger partial charge is 0.255 e. The predicted octanol–water partition coefficient (Wildman–Crippen LogP) is 4.64. The van der Waals surface area contributed by atoms with Gasteiger partial charge in [-0.15, -0.1) is 0 Å². The molecule has 0 saturated carbocycles. The summed E-state index contributed by atoms with van der Waals surface area (Å²) in [4.78, 5) is 37.5. The fourth-order valence-electron chi connectivity index (χ4n) is 3.09. The van der Waals surface area contributed by atoms with E-state index in [0.717, 1.165) is 11.1 Å². The molecule has 0 saturated heterocycles. The van der Waals surface area contributed by atoms with Gasteiger partial charge in [0.15, 0.2) is 0 Å². The second-order valence-corrected chi connectivity index (χ2v) is 7.67. The van der Waals surface area contributed by atoms with E-state index in [-0.39, 0.29) is 29.9 Å². The molecule has 0 aliphatic heterocycles. The molecule has 3 aromatic carbocycles. The Bertz CT molecular complexity index is 1070. The Morgan fingerprint density at radius 1 is 0.774 bits per heavy atom. The molecule has 2 N–H and O–H groups in total. The number of carbonyl (C=O) groups excluding carboxylic acids is 3. The average Bonchev–Trinajstić information content (AvgIpc) is 2.78. The van der Waals surface area contributed by atoms with Crippen molar-refractivity contribution in [3.8, 4) is 0 Å². The van der Waals surface area contributed by atoms with Crippen molar-refractivity contribution in [3.63, 3.8) is 0 Å². The Hall–Kier alpha value is -3.73. The van der Waals surface area contributed by atoms with Crippen molar-refractivity contribution < 1.29 is 14.4 Å². The first-order valence-corrected chi connectivity index (χ1v) is 10.3. The summed E-state index contributed by atoms with van der Waals surface area (Å²) in [5.41, 5.74) is 3.04. The quantitative estimate of drug-likeness (QED) is 0.564. The van der Waals surface area contributed by atoms with E-state index >= 15 is 0 Å². The number of para-hydroxylation sites is 1. The lowest BCUT2D eigenvalue weighted by atomic mass is 9.99. The molecule has 3 aromatic rings. The summed E-state index contributed by atoms with van der Waals surface area (Å²) in [7, 11) is 0. The first-order chi connectivity index (χ1) is 14.9. The number of Topliss-reactive ketones (excluding diaryl/α,β-unsaturated/α-hetero) is 1. The highest BCUT2D eigenvalue weighted by Crippen LogP contribution is 2.17. The van der Waals surface area contributed by atoms with E-state index in [4.69, 9.17) is 0 Å². The second kappa shape index (κ2) is 10.3. The number of hydrogen-bond acceptors (Lipinski definition) is 3. The molecule has 5 nitrogen and oxygen atoms in total. The van der Waals surface area contributed by atoms with Gasteiger partial charge in [-0.1, -0.05) is 68.4 Å². The Morgan fingerprint density at radius 3 is 2.19 bits per heavy atom. The van der Waals surface area contributed by atoms with Crippen LogP contribution >= 0.6 is 0 Å². The van der Waals surface area contributed by atoms with Crippen LogP contribution in [0.4, 0.5) is 5.69 Å². The molecule has 0 aliphatic carbocycles. The van der Waals surface area contributed by atoms with E-state index < -0.39 is 0 Å². The van der Waals surface area contributed by atoms with Crippen molar-refractivity contribution in [3.05, 3.63) is 101 Å². The van der Waals surface area contributed by atoms with E-state index in [2.05, 4.69) is 10.6 Å². The molecular formula is C26H26N2O3. The Morgan fingerprint density at radius 2 is 1.45 bits per heavy atom. The van der Waals surface area contributed by atoms with Gasteiger partial charge in [0.25, 0.3) is 11.8 Å². The molecule has 158 valence electrons. The van der Waals surface area contributed by atoms with Gasteiger partial charge in [0.1, 0.15) is 5.78 Å². The lowest BCUT2D eigenvalue weighted by Crippen LogP contribution is -2.25. The van der Waals surface area contributed by atoms with Gasteiger partial charge in [-0.05, 0) is 35.4 Å². The van der Waals surface area contributed by atoms with Crippen LogP contribution in [0.15, 0.2) is 78.9 Å². The van der Waals surface area contributed by atoms with Crippen LogP contribution in [0.3, 0.4) is 0 Å². The van der Waals surface area contributed by atoms with E-state index in [0.29, 0.717) is 23.4 Å². The molecule has 0 heterocycles. The van der Waals surface area contributed by atoms with Crippen LogP contribution < -0.4 is 10.6 Å². The largest absolute Gasteiger partial charge is 0.348 e. The van der Waals surface area contributed by atoms with Crippen LogP contribution in [-0.4, -0.2) is 17.6 Å². The van der Waals surface area contributed by atoms with Gasteiger partial charge in [-0.2, -0.15) is 0 Å². The predicted molar refractivity (Wildman–Crippen MR) is 122 cm³/mol. The van der Waals surface area contributed by atoms with Crippen molar-refractivity contribution in [2.24, 2.45) is 5.92 Å². The first kappa shape index (κ1) is 22.0. The zero-order chi connectivity index (χ0) is 22.2. The molecule has 0 spiro atoms. The highest BCUT2D eigenvalue weighted by atomic mass is 16.2. The first-order valence-electron chi connectivity index (χ1n) is 10.3. The summed E-state index contributed by atoms with van der Waals surface area (Å²) < 4.78 is 0. The third-order valence-corrected chi connectivity index (χ3v) is 4.93. The number of carbonyl (C=O) groups is 3. The van der Waals surface area contributed by atoms with E-state index in [1.165, 1.54) is 0 Å². The molecule has 31 heavy (non-hydrogen) atoms. The van der Waals surface area contributed by atoms with Gasteiger partial charge in [0, 0.05) is 24.4 Å². The monoisotopic (exact) mass is 414 g/mol. The highest BCUT2D eigenvalue weighted by molar-refractivity contribution is 6.09. The second-order valence-electron chi connectivity index (χ2n) is 7.67. The van der Waals surface area contributed by atoms with Crippen molar-refractivity contribution in [1.29, 1.82) is 0 Å². The lowest BCUT2D eigenvalue weighted by molar-refractivity contribution is -0.121. The molecule has 0 unspecified atom stereocenters. The minimum Gasteiger partial charge on any atom is -0.348 e. The van der Waals surface area contributed by atoms with Gasteiger partial charge in [0.2, 0.25) is 0 Å². The summed E-state index contributed by atoms with van der Waals surface area (Å²) in [6.45, 7) is 4.12. The van der Waals surface area contributed by atoms with Crippen LogP contribution in [0, 0.1) is 5.92 Å². The number of nitrogens with one attached hydrogen (secondary N) is 2. The number of benzene rings is 3. The van der Waals surface area contributed by atoms with Crippen LogP contribution in [-0.2, 0) is 17.8 Å². The summed E-state index contributed by atoms with van der Waals surface area (Å²) in [6.07, 6.45) is 0.289. The molecule has 0 aliphatic rings. The molecule has 5 heteroatoms. The molecule has 0 atom stereocenters. The number of rotatable bonds is 8. The summed E-state index contributed by atoms with van der Waals surface area (Å²) in [6, 6.07) is 23.5. The molecule has 0 radical (unpaired) electrons. The maximum atomic E-state index is 12.8. The van der Waals surface area contributed by atoms with Gasteiger partial charge in [-0.3, -0.25) is 14.4 Å². The van der Waals surface area contributed by atoms with Crippen LogP contribution in [0.2, 0.25) is 0 Å². The molecular weight excluding hydrogens is 388 g/mol. The number of anilines is 1. The third-order valence-electron chi connectivity index (χ3n) is 4.93. The number of hydrogen-bond donors (Lipinski definition) is 2. The van der Waals surface area contributed by atoms with Crippen LogP contribution in [0.25, 0.3) is 0 Å². The summed E-state index contributed by atoms with van der Waals surface area (Å²) in [5, 5.41) is 5.71. The zero-order valence-corrected chi connectivity index (χ0v) is 17.7. The molecule has 2 amide bonds. The molecule has 0 bridgehead atoms. The van der Waals surface area contributed by atoms with Gasteiger partial charge < -0.3 is 10.6 Å². The summed E-state index contributed by atoms with van der Waals surface area (Å²) in [5.74, 6) is -0.532. The molecule has 0 fully saturated rings. The minimum absolute atomic E-state index is 0.0567. The van der Waals surface area contributed by atoms with Crippen molar-refractivity contribution >= 4 is 23.3 Å². The Labute approximate surface area is 182 Å². The van der Waals surface area contributed by atoms with Crippen molar-refractivity contribution in [1.82, 2.24) is 5.32 Å². The zero-order valence-electron chi connectivity index (χ0n) is 17.7. The molecule has 3 rings (SSSR count). The Balaban J connectivity index is 1.71. The van der Waals surface area contributed by atoms with E-state index in [1.54, 1.807) is 42.5 Å². The topological polar surface area (TPSA) is 75.3 Å². The van der Waals surface area contributed by atoms with Crippen LogP contribution in [0.1, 0.15) is 45.7 Å². The third kappa shape index (κ3) is 6.12. The maximum absolute atomic E-state index is 12.8. The van der Waals surface area contributed by atoms with E-state index in [1.807, 2.05) is 50.2 Å². The SMILES string of the molecule is CC(C)C(=O)Cc1cccc(C(=O)Nc2ccccc2C(=O)NCc2ccccc2)c1. The lowest BCUT2D eigenvalue weighted by Gasteiger charge is -2.12. The summed E-state index contributed by atoms with van der Waals surface area (Å²) >= 11 is 0. The number of ketones is 1. The van der Waals surface area contributed by atoms with Gasteiger partial charge in [-0.25, -0.2) is 0 Å². The highest BCUT2D eigenvalue weighted by Gasteiger charge is 2.15. The number of amides is 2. The fraction of sp³-hybridized carbons (Fsp3) is 0.192. The van der Waals surface area contributed by atoms with E-state index in [9.17, 15) is 14.4 Å². The standard InChI is InChI=1S/C26H26N2O3/c1-18(2)24(29)16-20-11-8-12-21(15-20)25(30)28-23-14-7-6-13-22(23)26(31)27-17-19-9-4-3-5-10-19/h3-15,18H,16-17H2,1-2H3,(H,27,31)(H,28,30). The van der Waals surface area contributed by atoms with Crippen LogP contribution in [0.5, 0.6) is 0 Å². The van der Waals surface area contributed by atoms with Gasteiger partial charge in [0.05, 0.1) is 11.3 Å².